The van der Waals surface area contributed by atoms with Crippen LogP contribution in [0.1, 0.15) is 4.88 Å². The molecule has 1 fully saturated rings. The Hall–Kier alpha value is -1.73. The Labute approximate surface area is 114 Å². The second-order valence-corrected chi connectivity index (χ2v) is 5.69. The summed E-state index contributed by atoms with van der Waals surface area (Å²) in [6.45, 7) is 3.51. The van der Waals surface area contributed by atoms with Gasteiger partial charge in [0.15, 0.2) is 0 Å². The fourth-order valence-corrected chi connectivity index (χ4v) is 3.13. The summed E-state index contributed by atoms with van der Waals surface area (Å²) in [6, 6.07) is 1.58. The molecule has 1 atom stereocenters. The van der Waals surface area contributed by atoms with Crippen molar-refractivity contribution >= 4 is 33.3 Å². The van der Waals surface area contributed by atoms with Gasteiger partial charge in [0.25, 0.3) is 0 Å². The first kappa shape index (κ1) is 12.3. The van der Waals surface area contributed by atoms with Crippen LogP contribution in [0.25, 0.3) is 10.2 Å². The monoisotopic (exact) mass is 278 g/mol. The van der Waals surface area contributed by atoms with Crippen LogP contribution in [-0.2, 0) is 9.53 Å². The molecule has 0 saturated carbocycles. The molecule has 1 saturated heterocycles. The number of rotatable bonds is 2. The number of fused-ring (bicyclic) bond motifs is 1. The van der Waals surface area contributed by atoms with Crippen molar-refractivity contribution in [3.8, 4) is 0 Å². The maximum Gasteiger partial charge on any atom is 0.242 e. The third-order valence-electron chi connectivity index (χ3n) is 3.16. The van der Waals surface area contributed by atoms with Gasteiger partial charge in [-0.3, -0.25) is 4.79 Å². The van der Waals surface area contributed by atoms with Gasteiger partial charge in [0.05, 0.1) is 18.6 Å². The molecule has 2 aromatic heterocycles. The molecule has 3 heterocycles. The number of hydrogen-bond donors (Lipinski definition) is 1. The second kappa shape index (κ2) is 4.75. The van der Waals surface area contributed by atoms with E-state index in [-0.39, 0.29) is 0 Å². The minimum absolute atomic E-state index is 0.309. The van der Waals surface area contributed by atoms with E-state index < -0.39 is 11.9 Å². The lowest BCUT2D eigenvalue weighted by atomic mass is 10.2. The van der Waals surface area contributed by atoms with Gasteiger partial charge in [-0.05, 0) is 13.0 Å². The van der Waals surface area contributed by atoms with Crippen molar-refractivity contribution in [1.82, 2.24) is 9.97 Å². The molecule has 0 aromatic carbocycles. The van der Waals surface area contributed by atoms with Gasteiger partial charge in [0.2, 0.25) is 5.91 Å². The summed E-state index contributed by atoms with van der Waals surface area (Å²) in [5, 5.41) is 0.971. The number of anilines is 1. The molecular weight excluding hydrogens is 264 g/mol. The number of carbonyl (C=O) groups is 1. The lowest BCUT2D eigenvalue weighted by molar-refractivity contribution is -0.121. The smallest absolute Gasteiger partial charge is 0.242 e. The summed E-state index contributed by atoms with van der Waals surface area (Å²) in [4.78, 5) is 24.1. The number of nitrogens with zero attached hydrogens (tertiary/aromatic N) is 3. The first-order chi connectivity index (χ1) is 9.16. The molecular formula is C12H14N4O2S. The number of thiophene rings is 1. The number of ether oxygens (including phenoxy) is 1. The third-order valence-corrected chi connectivity index (χ3v) is 4.12. The highest BCUT2D eigenvalue weighted by Gasteiger charge is 2.30. The molecule has 19 heavy (non-hydrogen) atoms. The van der Waals surface area contributed by atoms with Crippen LogP contribution in [0.2, 0.25) is 0 Å². The van der Waals surface area contributed by atoms with Crippen molar-refractivity contribution in [2.45, 2.75) is 13.0 Å². The molecule has 1 unspecified atom stereocenters. The lowest BCUT2D eigenvalue weighted by Gasteiger charge is -2.34. The van der Waals surface area contributed by atoms with Crippen LogP contribution in [0.4, 0.5) is 5.82 Å². The summed E-state index contributed by atoms with van der Waals surface area (Å²) >= 11 is 1.61. The molecule has 0 radical (unpaired) electrons. The van der Waals surface area contributed by atoms with Crippen molar-refractivity contribution in [1.29, 1.82) is 0 Å². The fourth-order valence-electron chi connectivity index (χ4n) is 2.29. The predicted molar refractivity (Wildman–Crippen MR) is 73.3 cm³/mol. The number of nitrogens with two attached hydrogens (primary N) is 1. The van der Waals surface area contributed by atoms with Crippen LogP contribution < -0.4 is 10.6 Å². The van der Waals surface area contributed by atoms with Crippen molar-refractivity contribution < 1.29 is 9.53 Å². The molecule has 2 aromatic rings. The van der Waals surface area contributed by atoms with Crippen molar-refractivity contribution in [2.75, 3.05) is 24.7 Å². The van der Waals surface area contributed by atoms with Gasteiger partial charge >= 0.3 is 0 Å². The summed E-state index contributed by atoms with van der Waals surface area (Å²) in [5.74, 6) is 0.375. The van der Waals surface area contributed by atoms with E-state index in [4.69, 9.17) is 10.5 Å². The van der Waals surface area contributed by atoms with E-state index in [1.54, 1.807) is 11.3 Å². The van der Waals surface area contributed by atoms with Gasteiger partial charge in [0, 0.05) is 11.4 Å². The number of carbonyl (C=O) groups excluding carboxylic acids is 1. The summed E-state index contributed by atoms with van der Waals surface area (Å²) in [5.41, 5.74) is 5.44. The molecule has 0 spiro atoms. The molecule has 1 amide bonds. The highest BCUT2D eigenvalue weighted by molar-refractivity contribution is 7.18. The zero-order valence-electron chi connectivity index (χ0n) is 10.5. The SMILES string of the molecule is Cc1cc2c(N3CCOCC3C(N)=O)ncnc2s1. The van der Waals surface area contributed by atoms with Gasteiger partial charge in [-0.2, -0.15) is 0 Å². The highest BCUT2D eigenvalue weighted by Crippen LogP contribution is 2.31. The summed E-state index contributed by atoms with van der Waals surface area (Å²) in [7, 11) is 0. The third kappa shape index (κ3) is 2.15. The molecule has 1 aliphatic rings. The molecule has 7 heteroatoms. The Kier molecular flexibility index (Phi) is 3.08. The average Bonchev–Trinajstić information content (AvgIpc) is 2.78. The summed E-state index contributed by atoms with van der Waals surface area (Å²) in [6.07, 6.45) is 1.53. The second-order valence-electron chi connectivity index (χ2n) is 4.46. The molecule has 2 N–H and O–H groups in total. The number of hydrogen-bond acceptors (Lipinski definition) is 6. The standard InChI is InChI=1S/C12H14N4O2S/c1-7-4-8-11(14-6-15-12(8)19-7)16-2-3-18-5-9(16)10(13)17/h4,6,9H,2-3,5H2,1H3,(H2,13,17). The van der Waals surface area contributed by atoms with Crippen molar-refractivity contribution in [3.63, 3.8) is 0 Å². The predicted octanol–water partition coefficient (Wildman–Crippen LogP) is 0.690. The maximum atomic E-state index is 11.5. The van der Waals surface area contributed by atoms with E-state index in [0.29, 0.717) is 19.8 Å². The van der Waals surface area contributed by atoms with E-state index in [1.165, 1.54) is 11.2 Å². The zero-order chi connectivity index (χ0) is 13.4. The molecule has 0 aliphatic carbocycles. The molecule has 0 bridgehead atoms. The van der Waals surface area contributed by atoms with Gasteiger partial charge in [-0.1, -0.05) is 0 Å². The number of amides is 1. The Balaban J connectivity index is 2.09. The van der Waals surface area contributed by atoms with E-state index in [0.717, 1.165) is 16.0 Å². The Morgan fingerprint density at radius 3 is 3.21 bits per heavy atom. The minimum atomic E-state index is -0.466. The molecule has 3 rings (SSSR count). The molecule has 1 aliphatic heterocycles. The lowest BCUT2D eigenvalue weighted by Crippen LogP contribution is -2.53. The van der Waals surface area contributed by atoms with Crippen LogP contribution in [0, 0.1) is 6.92 Å². The highest BCUT2D eigenvalue weighted by atomic mass is 32.1. The van der Waals surface area contributed by atoms with Gasteiger partial charge in [0.1, 0.15) is 23.0 Å². The Morgan fingerprint density at radius 1 is 1.58 bits per heavy atom. The first-order valence-electron chi connectivity index (χ1n) is 6.01. The number of aromatic nitrogens is 2. The number of aryl methyl sites for hydroxylation is 1. The number of primary amides is 1. The van der Waals surface area contributed by atoms with E-state index in [9.17, 15) is 4.79 Å². The van der Waals surface area contributed by atoms with E-state index >= 15 is 0 Å². The van der Waals surface area contributed by atoms with Gasteiger partial charge in [-0.15, -0.1) is 11.3 Å². The minimum Gasteiger partial charge on any atom is -0.377 e. The van der Waals surface area contributed by atoms with Crippen molar-refractivity contribution in [2.24, 2.45) is 5.73 Å². The largest absolute Gasteiger partial charge is 0.377 e. The fraction of sp³-hybridized carbons (Fsp3) is 0.417. The van der Waals surface area contributed by atoms with Crippen LogP contribution in [0.15, 0.2) is 12.4 Å². The number of morpholine rings is 1. The molecule has 100 valence electrons. The first-order valence-corrected chi connectivity index (χ1v) is 6.83. The Morgan fingerprint density at radius 2 is 2.42 bits per heavy atom. The quantitative estimate of drug-likeness (QED) is 0.874. The molecule has 6 nitrogen and oxygen atoms in total. The summed E-state index contributed by atoms with van der Waals surface area (Å²) < 4.78 is 5.33. The Bertz CT molecular complexity index is 627. The van der Waals surface area contributed by atoms with Crippen molar-refractivity contribution in [3.05, 3.63) is 17.3 Å². The van der Waals surface area contributed by atoms with Crippen LogP contribution in [0.3, 0.4) is 0 Å². The van der Waals surface area contributed by atoms with Crippen LogP contribution in [0.5, 0.6) is 0 Å². The van der Waals surface area contributed by atoms with E-state index in [2.05, 4.69) is 9.97 Å². The van der Waals surface area contributed by atoms with Crippen LogP contribution in [-0.4, -0.2) is 41.7 Å². The van der Waals surface area contributed by atoms with Gasteiger partial charge < -0.3 is 15.4 Å². The van der Waals surface area contributed by atoms with Gasteiger partial charge in [-0.25, -0.2) is 9.97 Å². The average molecular weight is 278 g/mol. The topological polar surface area (TPSA) is 81.3 Å². The van der Waals surface area contributed by atoms with E-state index in [1.807, 2.05) is 17.9 Å². The van der Waals surface area contributed by atoms with Crippen LogP contribution >= 0.6 is 11.3 Å². The maximum absolute atomic E-state index is 11.5. The normalized spacial score (nSPS) is 19.8. The zero-order valence-corrected chi connectivity index (χ0v) is 11.3.